The molecule has 3 rings (SSSR count). The number of carbonyl (C=O) groups excluding carboxylic acids is 1. The molecule has 0 unspecified atom stereocenters. The maximum absolute atomic E-state index is 13.1. The number of hydrogen-bond acceptors (Lipinski definition) is 5. The Morgan fingerprint density at radius 2 is 2.04 bits per heavy atom. The summed E-state index contributed by atoms with van der Waals surface area (Å²) < 4.78 is 44.9. The van der Waals surface area contributed by atoms with Gasteiger partial charge in [-0.2, -0.15) is 13.2 Å². The van der Waals surface area contributed by atoms with Gasteiger partial charge in [-0.05, 0) is 25.0 Å². The Bertz CT molecular complexity index is 824. The van der Waals surface area contributed by atoms with Gasteiger partial charge in [-0.15, -0.1) is 0 Å². The third-order valence-corrected chi connectivity index (χ3v) is 4.59. The molecule has 1 aromatic heterocycles. The highest BCUT2D eigenvalue weighted by Gasteiger charge is 2.34. The van der Waals surface area contributed by atoms with Crippen molar-refractivity contribution in [3.8, 4) is 5.75 Å². The summed E-state index contributed by atoms with van der Waals surface area (Å²) in [4.78, 5) is 21.4. The highest BCUT2D eigenvalue weighted by atomic mass is 19.4. The Morgan fingerprint density at radius 1 is 1.33 bits per heavy atom. The van der Waals surface area contributed by atoms with E-state index in [1.54, 1.807) is 13.0 Å². The van der Waals surface area contributed by atoms with Crippen LogP contribution in [0.4, 0.5) is 19.1 Å². The lowest BCUT2D eigenvalue weighted by Crippen LogP contribution is -2.28. The molecule has 1 fully saturated rings. The number of ether oxygens (including phenoxy) is 1. The second-order valence-electron chi connectivity index (χ2n) is 6.44. The molecule has 0 radical (unpaired) electrons. The van der Waals surface area contributed by atoms with Crippen molar-refractivity contribution in [3.63, 3.8) is 0 Å². The van der Waals surface area contributed by atoms with Crippen LogP contribution in [0.15, 0.2) is 30.6 Å². The average molecular weight is 380 g/mol. The van der Waals surface area contributed by atoms with E-state index in [1.807, 2.05) is 4.90 Å². The van der Waals surface area contributed by atoms with Crippen molar-refractivity contribution in [2.45, 2.75) is 26.1 Å². The highest BCUT2D eigenvalue weighted by Crippen LogP contribution is 2.33. The summed E-state index contributed by atoms with van der Waals surface area (Å²) in [6.07, 6.45) is -0.987. The van der Waals surface area contributed by atoms with E-state index in [0.717, 1.165) is 6.07 Å². The van der Waals surface area contributed by atoms with Gasteiger partial charge >= 0.3 is 6.18 Å². The van der Waals surface area contributed by atoms with Crippen LogP contribution in [0.2, 0.25) is 0 Å². The Morgan fingerprint density at radius 3 is 2.63 bits per heavy atom. The van der Waals surface area contributed by atoms with Gasteiger partial charge in [0.25, 0.3) is 0 Å². The van der Waals surface area contributed by atoms with Crippen molar-refractivity contribution >= 4 is 11.9 Å². The molecule has 144 valence electrons. The summed E-state index contributed by atoms with van der Waals surface area (Å²) in [5.41, 5.74) is 5.17. The molecule has 2 N–H and O–H groups in total. The molecule has 0 bridgehead atoms. The number of aromatic nitrogens is 2. The fourth-order valence-corrected chi connectivity index (χ4v) is 3.04. The first kappa shape index (κ1) is 18.9. The molecule has 0 aliphatic carbocycles. The monoisotopic (exact) mass is 380 g/mol. The molecule has 1 aromatic carbocycles. The van der Waals surface area contributed by atoms with Crippen molar-refractivity contribution in [1.82, 2.24) is 9.97 Å². The van der Waals surface area contributed by atoms with Crippen LogP contribution in [0.5, 0.6) is 5.75 Å². The topological polar surface area (TPSA) is 81.3 Å². The first-order valence-corrected chi connectivity index (χ1v) is 8.40. The van der Waals surface area contributed by atoms with E-state index in [1.165, 1.54) is 18.5 Å². The van der Waals surface area contributed by atoms with Crippen LogP contribution in [0.25, 0.3) is 0 Å². The maximum atomic E-state index is 13.1. The minimum atomic E-state index is -4.45. The van der Waals surface area contributed by atoms with Crippen LogP contribution in [-0.4, -0.2) is 29.0 Å². The van der Waals surface area contributed by atoms with Gasteiger partial charge in [0.05, 0.1) is 23.9 Å². The summed E-state index contributed by atoms with van der Waals surface area (Å²) in [5, 5.41) is 0. The molecule has 0 saturated carbocycles. The number of hydrogen-bond donors (Lipinski definition) is 1. The largest absolute Gasteiger partial charge is 0.486 e. The number of rotatable bonds is 5. The Balaban J connectivity index is 1.68. The average Bonchev–Trinajstić information content (AvgIpc) is 3.10. The number of nitrogens with two attached hydrogens (primary N) is 1. The fraction of sp³-hybridized carbons (Fsp3) is 0.389. The number of amides is 1. The van der Waals surface area contributed by atoms with Gasteiger partial charge in [-0.1, -0.05) is 12.1 Å². The second-order valence-corrected chi connectivity index (χ2v) is 6.44. The second kappa shape index (κ2) is 7.42. The van der Waals surface area contributed by atoms with E-state index in [-0.39, 0.29) is 29.7 Å². The number of nitrogens with zero attached hydrogens (tertiary/aromatic N) is 3. The Hall–Kier alpha value is -2.84. The van der Waals surface area contributed by atoms with Gasteiger partial charge < -0.3 is 15.4 Å². The van der Waals surface area contributed by atoms with Gasteiger partial charge in [-0.25, -0.2) is 9.97 Å². The van der Waals surface area contributed by atoms with Crippen molar-refractivity contribution < 1.29 is 22.7 Å². The molecule has 1 aliphatic heterocycles. The van der Waals surface area contributed by atoms with Crippen LogP contribution >= 0.6 is 0 Å². The van der Waals surface area contributed by atoms with Gasteiger partial charge in [-0.3, -0.25) is 4.79 Å². The van der Waals surface area contributed by atoms with Gasteiger partial charge in [0.15, 0.2) is 5.75 Å². The number of benzene rings is 1. The lowest BCUT2D eigenvalue weighted by Gasteiger charge is -2.17. The summed E-state index contributed by atoms with van der Waals surface area (Å²) in [5.74, 6) is 0.112. The van der Waals surface area contributed by atoms with Crippen LogP contribution < -0.4 is 15.4 Å². The fourth-order valence-electron chi connectivity index (χ4n) is 3.04. The molecule has 1 atom stereocenters. The summed E-state index contributed by atoms with van der Waals surface area (Å²) >= 11 is 0. The third kappa shape index (κ3) is 4.29. The van der Waals surface area contributed by atoms with Crippen LogP contribution in [-0.2, 0) is 17.6 Å². The molecule has 1 amide bonds. The highest BCUT2D eigenvalue weighted by molar-refractivity contribution is 5.78. The zero-order valence-corrected chi connectivity index (χ0v) is 14.7. The van der Waals surface area contributed by atoms with E-state index >= 15 is 0 Å². The number of anilines is 1. The number of halogens is 3. The van der Waals surface area contributed by atoms with E-state index in [9.17, 15) is 18.0 Å². The van der Waals surface area contributed by atoms with E-state index in [0.29, 0.717) is 31.0 Å². The molecule has 2 aromatic rings. The molecule has 1 aliphatic rings. The summed E-state index contributed by atoms with van der Waals surface area (Å²) in [6.45, 7) is 2.44. The Labute approximate surface area is 154 Å². The van der Waals surface area contributed by atoms with Crippen LogP contribution in [0, 0.1) is 12.8 Å². The predicted molar refractivity (Wildman–Crippen MR) is 92.1 cm³/mol. The predicted octanol–water partition coefficient (Wildman–Crippen LogP) is 2.69. The standard InChI is InChI=1S/C18H19F3N4O2/c1-11-3-2-4-15(18(19,20)21)14(11)10-27-13-7-23-17(24-8-13)25-6-5-12(9-25)16(22)26/h2-4,7-8,12H,5-6,9-10H2,1H3,(H2,22,26)/t12-/m0/s1. The first-order valence-electron chi connectivity index (χ1n) is 8.40. The van der Waals surface area contributed by atoms with Gasteiger partial charge in [0.1, 0.15) is 6.61 Å². The van der Waals surface area contributed by atoms with Crippen LogP contribution in [0.3, 0.4) is 0 Å². The minimum absolute atomic E-state index is 0.0814. The van der Waals surface area contributed by atoms with Crippen LogP contribution in [0.1, 0.15) is 23.1 Å². The molecule has 6 nitrogen and oxygen atoms in total. The van der Waals surface area contributed by atoms with Gasteiger partial charge in [0, 0.05) is 18.7 Å². The molecule has 2 heterocycles. The number of carbonyl (C=O) groups is 1. The lowest BCUT2D eigenvalue weighted by molar-refractivity contribution is -0.138. The molecule has 1 saturated heterocycles. The molecule has 9 heteroatoms. The number of alkyl halides is 3. The third-order valence-electron chi connectivity index (χ3n) is 4.59. The van der Waals surface area contributed by atoms with Crippen molar-refractivity contribution in [3.05, 3.63) is 47.3 Å². The normalized spacial score (nSPS) is 17.2. The molecular formula is C18H19F3N4O2. The number of aryl methyl sites for hydroxylation is 1. The zero-order valence-electron chi connectivity index (χ0n) is 14.7. The van der Waals surface area contributed by atoms with Crippen molar-refractivity contribution in [2.24, 2.45) is 11.7 Å². The molecular weight excluding hydrogens is 361 g/mol. The molecule has 27 heavy (non-hydrogen) atoms. The van der Waals surface area contributed by atoms with E-state index in [4.69, 9.17) is 10.5 Å². The Kier molecular flexibility index (Phi) is 5.20. The van der Waals surface area contributed by atoms with Gasteiger partial charge in [0.2, 0.25) is 11.9 Å². The first-order chi connectivity index (χ1) is 12.8. The summed E-state index contributed by atoms with van der Waals surface area (Å²) in [7, 11) is 0. The van der Waals surface area contributed by atoms with Crippen molar-refractivity contribution in [1.29, 1.82) is 0 Å². The van der Waals surface area contributed by atoms with Crippen molar-refractivity contribution in [2.75, 3.05) is 18.0 Å². The SMILES string of the molecule is Cc1cccc(C(F)(F)F)c1COc1cnc(N2CC[C@H](C(N)=O)C2)nc1. The van der Waals surface area contributed by atoms with E-state index in [2.05, 4.69) is 9.97 Å². The summed E-state index contributed by atoms with van der Waals surface area (Å²) in [6, 6.07) is 4.01. The smallest absolute Gasteiger partial charge is 0.416 e. The minimum Gasteiger partial charge on any atom is -0.486 e. The number of primary amides is 1. The maximum Gasteiger partial charge on any atom is 0.416 e. The zero-order chi connectivity index (χ0) is 19.6. The lowest BCUT2D eigenvalue weighted by atomic mass is 10.0. The quantitative estimate of drug-likeness (QED) is 0.863. The molecule has 0 spiro atoms. The van der Waals surface area contributed by atoms with E-state index < -0.39 is 11.7 Å².